The molecule has 0 spiro atoms. The zero-order valence-electron chi connectivity index (χ0n) is 12.9. The van der Waals surface area contributed by atoms with Crippen LogP contribution in [0.15, 0.2) is 41.4 Å². The number of benzene rings is 1. The Bertz CT molecular complexity index is 821. The van der Waals surface area contributed by atoms with Crippen molar-refractivity contribution in [3.63, 3.8) is 0 Å². The highest BCUT2D eigenvalue weighted by molar-refractivity contribution is 7.90. The highest BCUT2D eigenvalue weighted by atomic mass is 32.2. The largest absolute Gasteiger partial charge is 0.367 e. The summed E-state index contributed by atoms with van der Waals surface area (Å²) in [5.74, 6) is -0.178. The number of nitrogens with one attached hydrogen (secondary N) is 1. The average Bonchev–Trinajstić information content (AvgIpc) is 2.88. The lowest BCUT2D eigenvalue weighted by Crippen LogP contribution is -2.59. The molecular formula is C15H18N4O3S. The van der Waals surface area contributed by atoms with Gasteiger partial charge in [-0.1, -0.05) is 0 Å². The van der Waals surface area contributed by atoms with Crippen molar-refractivity contribution in [3.05, 3.63) is 42.2 Å². The summed E-state index contributed by atoms with van der Waals surface area (Å²) in [6.45, 7) is 1.38. The Morgan fingerprint density at radius 2 is 1.87 bits per heavy atom. The predicted molar refractivity (Wildman–Crippen MR) is 86.2 cm³/mol. The number of carbonyl (C=O) groups is 1. The SMILES string of the molecule is Cn1ccc(C(=O)NC2CN(c3ccc(S(C)(=O)=O)cc3)C2)n1. The zero-order chi connectivity index (χ0) is 16.6. The second kappa shape index (κ2) is 5.69. The fourth-order valence-electron chi connectivity index (χ4n) is 2.48. The van der Waals surface area contributed by atoms with Crippen molar-refractivity contribution in [3.8, 4) is 0 Å². The van der Waals surface area contributed by atoms with Crippen molar-refractivity contribution in [1.29, 1.82) is 0 Å². The van der Waals surface area contributed by atoms with E-state index in [1.165, 1.54) is 6.26 Å². The standard InChI is InChI=1S/C15H18N4O3S/c1-18-8-7-14(17-18)15(20)16-11-9-19(10-11)12-3-5-13(6-4-12)23(2,21)22/h3-8,11H,9-10H2,1-2H3,(H,16,20). The maximum atomic E-state index is 12.0. The van der Waals surface area contributed by atoms with E-state index in [4.69, 9.17) is 0 Å². The second-order valence-electron chi connectivity index (χ2n) is 5.72. The zero-order valence-corrected chi connectivity index (χ0v) is 13.7. The first kappa shape index (κ1) is 15.5. The van der Waals surface area contributed by atoms with Gasteiger partial charge in [0.1, 0.15) is 5.69 Å². The van der Waals surface area contributed by atoms with Gasteiger partial charge in [0.25, 0.3) is 5.91 Å². The maximum absolute atomic E-state index is 12.0. The molecule has 3 rings (SSSR count). The number of aromatic nitrogens is 2. The van der Waals surface area contributed by atoms with Gasteiger partial charge in [0.15, 0.2) is 9.84 Å². The lowest BCUT2D eigenvalue weighted by atomic mass is 10.1. The molecule has 2 aromatic rings. The number of aryl methyl sites for hydroxylation is 1. The van der Waals surface area contributed by atoms with Crippen molar-refractivity contribution in [2.45, 2.75) is 10.9 Å². The molecule has 1 fully saturated rings. The Morgan fingerprint density at radius 3 is 2.39 bits per heavy atom. The van der Waals surface area contributed by atoms with E-state index in [0.717, 1.165) is 5.69 Å². The van der Waals surface area contributed by atoms with E-state index in [1.54, 1.807) is 48.3 Å². The molecule has 1 aromatic heterocycles. The van der Waals surface area contributed by atoms with Gasteiger partial charge in [-0.15, -0.1) is 0 Å². The predicted octanol–water partition coefficient (Wildman–Crippen LogP) is 0.442. The fourth-order valence-corrected chi connectivity index (χ4v) is 3.11. The third-order valence-corrected chi connectivity index (χ3v) is 4.92. The van der Waals surface area contributed by atoms with Crippen LogP contribution in [0.4, 0.5) is 5.69 Å². The number of amides is 1. The van der Waals surface area contributed by atoms with E-state index in [-0.39, 0.29) is 11.9 Å². The topological polar surface area (TPSA) is 84.3 Å². The Morgan fingerprint density at radius 1 is 1.22 bits per heavy atom. The van der Waals surface area contributed by atoms with Crippen LogP contribution in [0.3, 0.4) is 0 Å². The third kappa shape index (κ3) is 3.37. The summed E-state index contributed by atoms with van der Waals surface area (Å²) < 4.78 is 24.5. The molecule has 1 saturated heterocycles. The summed E-state index contributed by atoms with van der Waals surface area (Å²) in [6, 6.07) is 8.52. The van der Waals surface area contributed by atoms with E-state index in [1.807, 2.05) is 0 Å². The summed E-state index contributed by atoms with van der Waals surface area (Å²) in [5, 5.41) is 7.00. The minimum Gasteiger partial charge on any atom is -0.367 e. The molecule has 0 radical (unpaired) electrons. The molecule has 122 valence electrons. The summed E-state index contributed by atoms with van der Waals surface area (Å²) in [5.41, 5.74) is 1.35. The van der Waals surface area contributed by atoms with E-state index in [0.29, 0.717) is 23.7 Å². The number of nitrogens with zero attached hydrogens (tertiary/aromatic N) is 3. The Hall–Kier alpha value is -2.35. The van der Waals surface area contributed by atoms with Gasteiger partial charge in [0.2, 0.25) is 0 Å². The Kier molecular flexibility index (Phi) is 3.85. The van der Waals surface area contributed by atoms with Crippen LogP contribution >= 0.6 is 0 Å². The molecule has 7 nitrogen and oxygen atoms in total. The van der Waals surface area contributed by atoms with Gasteiger partial charge >= 0.3 is 0 Å². The molecule has 0 bridgehead atoms. The molecular weight excluding hydrogens is 316 g/mol. The van der Waals surface area contributed by atoms with E-state index in [2.05, 4.69) is 15.3 Å². The molecule has 1 aromatic carbocycles. The first-order valence-corrected chi connectivity index (χ1v) is 9.07. The molecule has 0 aliphatic carbocycles. The smallest absolute Gasteiger partial charge is 0.272 e. The fraction of sp³-hybridized carbons (Fsp3) is 0.333. The summed E-state index contributed by atoms with van der Waals surface area (Å²) in [6.07, 6.45) is 2.92. The van der Waals surface area contributed by atoms with Crippen LogP contribution in [-0.2, 0) is 16.9 Å². The number of hydrogen-bond acceptors (Lipinski definition) is 5. The Balaban J connectivity index is 1.56. The normalized spacial score (nSPS) is 15.3. The van der Waals surface area contributed by atoms with Crippen molar-refractivity contribution < 1.29 is 13.2 Å². The number of hydrogen-bond donors (Lipinski definition) is 1. The molecule has 1 aliphatic rings. The lowest BCUT2D eigenvalue weighted by molar-refractivity contribution is 0.0924. The lowest BCUT2D eigenvalue weighted by Gasteiger charge is -2.41. The third-order valence-electron chi connectivity index (χ3n) is 3.79. The van der Waals surface area contributed by atoms with Crippen LogP contribution in [0.25, 0.3) is 0 Å². The van der Waals surface area contributed by atoms with Gasteiger partial charge in [-0.3, -0.25) is 9.48 Å². The van der Waals surface area contributed by atoms with Crippen molar-refractivity contribution >= 4 is 21.4 Å². The van der Waals surface area contributed by atoms with Crippen LogP contribution in [0.2, 0.25) is 0 Å². The van der Waals surface area contributed by atoms with Crippen LogP contribution in [0.5, 0.6) is 0 Å². The molecule has 23 heavy (non-hydrogen) atoms. The molecule has 1 amide bonds. The van der Waals surface area contributed by atoms with Gasteiger partial charge in [-0.25, -0.2) is 8.42 Å². The summed E-state index contributed by atoms with van der Waals surface area (Å²) in [4.78, 5) is 14.4. The maximum Gasteiger partial charge on any atom is 0.272 e. The van der Waals surface area contributed by atoms with Gasteiger partial charge in [-0.05, 0) is 30.3 Å². The summed E-state index contributed by atoms with van der Waals surface area (Å²) >= 11 is 0. The number of anilines is 1. The van der Waals surface area contributed by atoms with Gasteiger partial charge < -0.3 is 10.2 Å². The van der Waals surface area contributed by atoms with Crippen LogP contribution in [0, 0.1) is 0 Å². The van der Waals surface area contributed by atoms with Crippen LogP contribution in [-0.4, -0.2) is 49.5 Å². The molecule has 0 atom stereocenters. The van der Waals surface area contributed by atoms with Crippen molar-refractivity contribution in [2.75, 3.05) is 24.2 Å². The van der Waals surface area contributed by atoms with Gasteiger partial charge in [0, 0.05) is 38.3 Å². The molecule has 2 heterocycles. The van der Waals surface area contributed by atoms with E-state index < -0.39 is 9.84 Å². The van der Waals surface area contributed by atoms with Gasteiger partial charge in [-0.2, -0.15) is 5.10 Å². The average molecular weight is 334 g/mol. The number of carbonyl (C=O) groups excluding carboxylic acids is 1. The molecule has 8 heteroatoms. The monoisotopic (exact) mass is 334 g/mol. The minimum absolute atomic E-state index is 0.0686. The number of rotatable bonds is 4. The quantitative estimate of drug-likeness (QED) is 0.877. The minimum atomic E-state index is -3.17. The van der Waals surface area contributed by atoms with Crippen molar-refractivity contribution in [2.24, 2.45) is 7.05 Å². The van der Waals surface area contributed by atoms with Gasteiger partial charge in [0.05, 0.1) is 10.9 Å². The first-order valence-electron chi connectivity index (χ1n) is 7.18. The first-order chi connectivity index (χ1) is 10.8. The van der Waals surface area contributed by atoms with Crippen LogP contribution in [0.1, 0.15) is 10.5 Å². The number of sulfone groups is 1. The Labute approximate surface area is 134 Å². The molecule has 0 saturated carbocycles. The van der Waals surface area contributed by atoms with E-state index in [9.17, 15) is 13.2 Å². The van der Waals surface area contributed by atoms with Crippen molar-refractivity contribution in [1.82, 2.24) is 15.1 Å². The van der Waals surface area contributed by atoms with E-state index >= 15 is 0 Å². The highest BCUT2D eigenvalue weighted by Crippen LogP contribution is 2.22. The molecule has 0 unspecified atom stereocenters. The second-order valence-corrected chi connectivity index (χ2v) is 7.73. The van der Waals surface area contributed by atoms with Crippen LogP contribution < -0.4 is 10.2 Å². The molecule has 1 aliphatic heterocycles. The summed E-state index contributed by atoms with van der Waals surface area (Å²) in [7, 11) is -1.41. The highest BCUT2D eigenvalue weighted by Gasteiger charge is 2.29. The molecule has 1 N–H and O–H groups in total.